The van der Waals surface area contributed by atoms with E-state index in [1.165, 1.54) is 51.4 Å². The molecule has 0 saturated heterocycles. The van der Waals surface area contributed by atoms with E-state index in [4.69, 9.17) is 4.18 Å². The van der Waals surface area contributed by atoms with E-state index in [0.717, 1.165) is 12.8 Å². The molecule has 0 aliphatic heterocycles. The van der Waals surface area contributed by atoms with Gasteiger partial charge in [-0.05, 0) is 18.6 Å². The van der Waals surface area contributed by atoms with Gasteiger partial charge in [0.05, 0.1) is 11.5 Å². The fourth-order valence-electron chi connectivity index (χ4n) is 2.41. The normalized spacial score (nSPS) is 11.2. The SMILES string of the molecule is CCCCCCCCCCCCOS(=O)(=O)c1ccccc1.[H-].[Na+]. The van der Waals surface area contributed by atoms with Gasteiger partial charge in [-0.2, -0.15) is 8.42 Å². The largest absolute Gasteiger partial charge is 1.00 e. The van der Waals surface area contributed by atoms with Crippen molar-refractivity contribution in [1.82, 2.24) is 0 Å². The van der Waals surface area contributed by atoms with Gasteiger partial charge in [0, 0.05) is 0 Å². The molecule has 0 aromatic heterocycles. The average molecular weight is 350 g/mol. The van der Waals surface area contributed by atoms with E-state index in [1.807, 2.05) is 0 Å². The van der Waals surface area contributed by atoms with Crippen LogP contribution in [0.1, 0.15) is 72.6 Å². The Morgan fingerprint density at radius 3 is 1.83 bits per heavy atom. The molecule has 0 fully saturated rings. The second-order valence-electron chi connectivity index (χ2n) is 5.77. The summed E-state index contributed by atoms with van der Waals surface area (Å²) in [6.45, 7) is 2.52. The third-order valence-electron chi connectivity index (χ3n) is 3.77. The molecule has 0 N–H and O–H groups in total. The number of hydrogen-bond donors (Lipinski definition) is 0. The summed E-state index contributed by atoms with van der Waals surface area (Å²) in [5.41, 5.74) is 0. The summed E-state index contributed by atoms with van der Waals surface area (Å²) >= 11 is 0. The molecule has 0 radical (unpaired) electrons. The molecule has 23 heavy (non-hydrogen) atoms. The maximum Gasteiger partial charge on any atom is 1.00 e. The van der Waals surface area contributed by atoms with Crippen molar-refractivity contribution in [3.05, 3.63) is 30.3 Å². The van der Waals surface area contributed by atoms with Gasteiger partial charge in [0.1, 0.15) is 0 Å². The zero-order valence-electron chi connectivity index (χ0n) is 15.8. The Labute approximate surface area is 166 Å². The van der Waals surface area contributed by atoms with Crippen LogP contribution in [0.15, 0.2) is 35.2 Å². The standard InChI is InChI=1S/C18H30O3S.Na.H/c1-2-3-4-5-6-7-8-9-10-14-17-21-22(19,20)18-15-12-11-13-16-18;;/h11-13,15-16H,2-10,14,17H2,1H3;;/q;+1;-1. The summed E-state index contributed by atoms with van der Waals surface area (Å²) in [6.07, 6.45) is 12.3. The summed E-state index contributed by atoms with van der Waals surface area (Å²) < 4.78 is 28.8. The van der Waals surface area contributed by atoms with E-state index in [-0.39, 0.29) is 42.5 Å². The summed E-state index contributed by atoms with van der Waals surface area (Å²) in [7, 11) is -3.57. The fourth-order valence-corrected chi connectivity index (χ4v) is 3.38. The Kier molecular flexibility index (Phi) is 14.6. The molecule has 3 nitrogen and oxygen atoms in total. The molecule has 0 unspecified atom stereocenters. The molecule has 0 aliphatic carbocycles. The molecule has 0 heterocycles. The minimum absolute atomic E-state index is 0. The van der Waals surface area contributed by atoms with Crippen molar-refractivity contribution in [3.8, 4) is 0 Å². The molecule has 1 rings (SSSR count). The third-order valence-corrected chi connectivity index (χ3v) is 5.09. The second-order valence-corrected chi connectivity index (χ2v) is 7.39. The van der Waals surface area contributed by atoms with Crippen LogP contribution in [0.2, 0.25) is 0 Å². The Bertz CT molecular complexity index is 480. The first-order valence-corrected chi connectivity index (χ1v) is 10.0. The van der Waals surface area contributed by atoms with Crippen LogP contribution in [0.3, 0.4) is 0 Å². The minimum atomic E-state index is -3.57. The van der Waals surface area contributed by atoms with E-state index in [2.05, 4.69) is 6.92 Å². The Morgan fingerprint density at radius 2 is 1.30 bits per heavy atom. The average Bonchev–Trinajstić information content (AvgIpc) is 2.53. The molecular formula is C18H31NaO3S. The summed E-state index contributed by atoms with van der Waals surface area (Å²) in [6, 6.07) is 8.33. The van der Waals surface area contributed by atoms with Crippen LogP contribution in [0.4, 0.5) is 0 Å². The predicted octanol–water partition coefficient (Wildman–Crippen LogP) is 2.43. The van der Waals surface area contributed by atoms with Crippen molar-refractivity contribution in [2.45, 2.75) is 76.0 Å². The molecule has 0 amide bonds. The van der Waals surface area contributed by atoms with E-state index >= 15 is 0 Å². The van der Waals surface area contributed by atoms with Crippen molar-refractivity contribution >= 4 is 10.1 Å². The summed E-state index contributed by atoms with van der Waals surface area (Å²) in [4.78, 5) is 0.238. The monoisotopic (exact) mass is 350 g/mol. The van der Waals surface area contributed by atoms with Gasteiger partial charge >= 0.3 is 29.6 Å². The smallest absolute Gasteiger partial charge is 1.00 e. The predicted molar refractivity (Wildman–Crippen MR) is 92.5 cm³/mol. The Balaban J connectivity index is 0. The zero-order valence-corrected chi connectivity index (χ0v) is 17.6. The molecule has 0 aliphatic rings. The van der Waals surface area contributed by atoms with E-state index in [9.17, 15) is 8.42 Å². The maximum absolute atomic E-state index is 11.9. The maximum atomic E-state index is 11.9. The van der Waals surface area contributed by atoms with Crippen LogP contribution in [0, 0.1) is 0 Å². The van der Waals surface area contributed by atoms with Crippen molar-refractivity contribution in [2.24, 2.45) is 0 Å². The molecule has 5 heteroatoms. The fraction of sp³-hybridized carbons (Fsp3) is 0.667. The van der Waals surface area contributed by atoms with Crippen LogP contribution >= 0.6 is 0 Å². The van der Waals surface area contributed by atoms with Crippen LogP contribution in [-0.2, 0) is 14.3 Å². The molecule has 128 valence electrons. The van der Waals surface area contributed by atoms with Crippen molar-refractivity contribution in [1.29, 1.82) is 0 Å². The van der Waals surface area contributed by atoms with Gasteiger partial charge in [-0.25, -0.2) is 0 Å². The van der Waals surface area contributed by atoms with Gasteiger partial charge in [0.2, 0.25) is 0 Å². The van der Waals surface area contributed by atoms with Crippen molar-refractivity contribution in [2.75, 3.05) is 6.61 Å². The number of hydrogen-bond acceptors (Lipinski definition) is 3. The molecular weight excluding hydrogens is 319 g/mol. The molecule has 0 atom stereocenters. The van der Waals surface area contributed by atoms with E-state index in [1.54, 1.807) is 30.3 Å². The Hall–Kier alpha value is 0.130. The summed E-state index contributed by atoms with van der Waals surface area (Å²) in [5, 5.41) is 0. The van der Waals surface area contributed by atoms with Gasteiger partial charge in [-0.1, -0.05) is 82.9 Å². The van der Waals surface area contributed by atoms with E-state index in [0.29, 0.717) is 0 Å². The zero-order chi connectivity index (χ0) is 16.1. The summed E-state index contributed by atoms with van der Waals surface area (Å²) in [5.74, 6) is 0. The first kappa shape index (κ1) is 23.1. The second kappa shape index (κ2) is 14.5. The van der Waals surface area contributed by atoms with Crippen LogP contribution < -0.4 is 29.6 Å². The number of unbranched alkanes of at least 4 members (excludes halogenated alkanes) is 9. The Morgan fingerprint density at radius 1 is 0.826 bits per heavy atom. The molecule has 1 aromatic carbocycles. The first-order chi connectivity index (χ1) is 10.7. The molecule has 1 aromatic rings. The quantitative estimate of drug-likeness (QED) is 0.312. The van der Waals surface area contributed by atoms with Gasteiger partial charge in [-0.3, -0.25) is 4.18 Å². The van der Waals surface area contributed by atoms with Gasteiger partial charge in [-0.15, -0.1) is 0 Å². The van der Waals surface area contributed by atoms with Crippen LogP contribution in [0.5, 0.6) is 0 Å². The molecule has 0 saturated carbocycles. The molecule has 0 spiro atoms. The number of rotatable bonds is 13. The van der Waals surface area contributed by atoms with Crippen LogP contribution in [-0.4, -0.2) is 15.0 Å². The number of benzene rings is 1. The van der Waals surface area contributed by atoms with E-state index < -0.39 is 10.1 Å². The van der Waals surface area contributed by atoms with Gasteiger partial charge < -0.3 is 1.43 Å². The third kappa shape index (κ3) is 11.3. The van der Waals surface area contributed by atoms with Crippen molar-refractivity contribution < 1.29 is 43.6 Å². The first-order valence-electron chi connectivity index (χ1n) is 8.61. The molecule has 0 bridgehead atoms. The van der Waals surface area contributed by atoms with Crippen molar-refractivity contribution in [3.63, 3.8) is 0 Å². The van der Waals surface area contributed by atoms with Gasteiger partial charge in [0.25, 0.3) is 10.1 Å². The minimum Gasteiger partial charge on any atom is -1.00 e. The van der Waals surface area contributed by atoms with Gasteiger partial charge in [0.15, 0.2) is 0 Å². The van der Waals surface area contributed by atoms with Crippen LogP contribution in [0.25, 0.3) is 0 Å². The topological polar surface area (TPSA) is 43.4 Å².